The van der Waals surface area contributed by atoms with Crippen LogP contribution in [0.25, 0.3) is 28.1 Å². The number of fused-ring (bicyclic) bond motifs is 1. The Kier molecular flexibility index (Phi) is 5.33. The van der Waals surface area contributed by atoms with Gasteiger partial charge in [-0.3, -0.25) is 0 Å². The maximum Gasteiger partial charge on any atom is 0.355 e. The molecule has 11 heteroatoms. The van der Waals surface area contributed by atoms with Crippen LogP contribution in [0.1, 0.15) is 0 Å². The molecule has 162 valence electrons. The molecule has 3 aromatic heterocycles. The van der Waals surface area contributed by atoms with Gasteiger partial charge in [0.25, 0.3) is 0 Å². The third-order valence-corrected chi connectivity index (χ3v) is 5.41. The van der Waals surface area contributed by atoms with E-state index < -0.39 is 5.69 Å². The van der Waals surface area contributed by atoms with Crippen LogP contribution in [-0.2, 0) is 0 Å². The molecule has 2 aromatic carbocycles. The zero-order chi connectivity index (χ0) is 22.9. The molecule has 0 aliphatic rings. The second-order valence-corrected chi connectivity index (χ2v) is 7.71. The molecule has 0 fully saturated rings. The molecule has 5 rings (SSSR count). The lowest BCUT2D eigenvalue weighted by molar-refractivity contribution is 0.940. The first kappa shape index (κ1) is 20.8. The highest BCUT2D eigenvalue weighted by molar-refractivity contribution is 6.37. The van der Waals surface area contributed by atoms with Crippen molar-refractivity contribution >= 4 is 51.7 Å². The van der Waals surface area contributed by atoms with E-state index in [1.807, 2.05) is 24.3 Å². The standard InChI is InChI=1S/C22H14Cl2N8O/c23-15-3-1-4-16(24)17(15)32-18(25)14-11-28-21(30-20(14)31-22(32)33)29-13-7-5-12(6-8-13)19-26-9-2-10-27-19/h1-11H,25H2,(H,29,30,31,33). The number of hydrogen-bond donors (Lipinski definition) is 2. The van der Waals surface area contributed by atoms with E-state index in [4.69, 9.17) is 28.9 Å². The van der Waals surface area contributed by atoms with Gasteiger partial charge in [0.1, 0.15) is 5.82 Å². The van der Waals surface area contributed by atoms with Gasteiger partial charge in [-0.1, -0.05) is 29.3 Å². The summed E-state index contributed by atoms with van der Waals surface area (Å²) in [6.07, 6.45) is 4.85. The molecule has 0 saturated carbocycles. The van der Waals surface area contributed by atoms with E-state index in [0.717, 1.165) is 15.8 Å². The molecule has 3 heterocycles. The molecule has 0 atom stereocenters. The summed E-state index contributed by atoms with van der Waals surface area (Å²) in [6, 6.07) is 14.1. The number of anilines is 3. The minimum absolute atomic E-state index is 0.0822. The molecule has 0 aliphatic heterocycles. The Morgan fingerprint density at radius 1 is 0.879 bits per heavy atom. The van der Waals surface area contributed by atoms with Crippen molar-refractivity contribution in [2.24, 2.45) is 0 Å². The van der Waals surface area contributed by atoms with E-state index in [0.29, 0.717) is 11.2 Å². The summed E-state index contributed by atoms with van der Waals surface area (Å²) >= 11 is 12.5. The molecule has 0 bridgehead atoms. The Morgan fingerprint density at radius 3 is 2.27 bits per heavy atom. The molecule has 0 aliphatic carbocycles. The van der Waals surface area contributed by atoms with Crippen molar-refractivity contribution in [3.05, 3.63) is 87.7 Å². The van der Waals surface area contributed by atoms with E-state index >= 15 is 0 Å². The second-order valence-electron chi connectivity index (χ2n) is 6.89. The minimum atomic E-state index is -0.660. The molecule has 3 N–H and O–H groups in total. The van der Waals surface area contributed by atoms with Gasteiger partial charge in [-0.05, 0) is 42.5 Å². The Bertz CT molecular complexity index is 1520. The number of para-hydroxylation sites is 1. The first-order valence-corrected chi connectivity index (χ1v) is 10.4. The topological polar surface area (TPSA) is 124 Å². The Labute approximate surface area is 196 Å². The van der Waals surface area contributed by atoms with E-state index in [1.54, 1.807) is 36.7 Å². The van der Waals surface area contributed by atoms with E-state index in [-0.39, 0.29) is 33.1 Å². The number of nitrogens with one attached hydrogen (secondary N) is 1. The molecule has 0 unspecified atom stereocenters. The van der Waals surface area contributed by atoms with Gasteiger partial charge in [0.2, 0.25) is 5.95 Å². The second kappa shape index (κ2) is 8.45. The zero-order valence-corrected chi connectivity index (χ0v) is 18.3. The molecule has 0 spiro atoms. The number of aromatic nitrogens is 6. The molecule has 0 saturated heterocycles. The van der Waals surface area contributed by atoms with Crippen LogP contribution in [0.5, 0.6) is 0 Å². The predicted octanol–water partition coefficient (Wildman–Crippen LogP) is 4.27. The summed E-state index contributed by atoms with van der Waals surface area (Å²) in [5.74, 6) is 0.963. The smallest absolute Gasteiger partial charge is 0.355 e. The maximum absolute atomic E-state index is 12.8. The first-order valence-electron chi connectivity index (χ1n) is 9.65. The summed E-state index contributed by atoms with van der Waals surface area (Å²) < 4.78 is 1.15. The zero-order valence-electron chi connectivity index (χ0n) is 16.8. The predicted molar refractivity (Wildman–Crippen MR) is 128 cm³/mol. The van der Waals surface area contributed by atoms with Gasteiger partial charge < -0.3 is 11.1 Å². The number of nitrogens with two attached hydrogens (primary N) is 1. The van der Waals surface area contributed by atoms with E-state index in [9.17, 15) is 4.79 Å². The number of hydrogen-bond acceptors (Lipinski definition) is 8. The summed E-state index contributed by atoms with van der Waals surface area (Å²) in [7, 11) is 0. The van der Waals surface area contributed by atoms with Crippen LogP contribution in [0.2, 0.25) is 10.0 Å². The fourth-order valence-corrected chi connectivity index (χ4v) is 3.83. The third-order valence-electron chi connectivity index (χ3n) is 4.80. The molecule has 33 heavy (non-hydrogen) atoms. The molecular formula is C22H14Cl2N8O. The fourth-order valence-electron chi connectivity index (χ4n) is 3.26. The summed E-state index contributed by atoms with van der Waals surface area (Å²) in [5, 5.41) is 4.00. The lowest BCUT2D eigenvalue weighted by Gasteiger charge is -2.14. The lowest BCUT2D eigenvalue weighted by atomic mass is 10.2. The van der Waals surface area contributed by atoms with Crippen LogP contribution in [-0.4, -0.2) is 29.5 Å². The minimum Gasteiger partial charge on any atom is -0.384 e. The SMILES string of the molecule is Nc1c2cnc(Nc3ccc(-c4ncccn4)cc3)nc2nc(=O)n1-c1c(Cl)cccc1Cl. The highest BCUT2D eigenvalue weighted by Gasteiger charge is 2.17. The number of benzene rings is 2. The van der Waals surface area contributed by atoms with Crippen molar-refractivity contribution in [2.45, 2.75) is 0 Å². The number of halogens is 2. The Balaban J connectivity index is 1.49. The Morgan fingerprint density at radius 2 is 1.58 bits per heavy atom. The average Bonchev–Trinajstić information content (AvgIpc) is 2.82. The van der Waals surface area contributed by atoms with Crippen LogP contribution in [0, 0.1) is 0 Å². The first-order chi connectivity index (χ1) is 16.0. The molecule has 0 amide bonds. The summed E-state index contributed by atoms with van der Waals surface area (Å²) in [4.78, 5) is 33.9. The van der Waals surface area contributed by atoms with Crippen molar-refractivity contribution in [2.75, 3.05) is 11.1 Å². The van der Waals surface area contributed by atoms with Gasteiger partial charge >= 0.3 is 5.69 Å². The van der Waals surface area contributed by atoms with Crippen molar-refractivity contribution < 1.29 is 0 Å². The van der Waals surface area contributed by atoms with Gasteiger partial charge in [-0.25, -0.2) is 24.3 Å². The van der Waals surface area contributed by atoms with Crippen molar-refractivity contribution in [1.82, 2.24) is 29.5 Å². The lowest BCUT2D eigenvalue weighted by Crippen LogP contribution is -2.25. The van der Waals surface area contributed by atoms with Crippen LogP contribution in [0.4, 0.5) is 17.5 Å². The third kappa shape index (κ3) is 3.95. The normalized spacial score (nSPS) is 11.0. The summed E-state index contributed by atoms with van der Waals surface area (Å²) in [6.45, 7) is 0. The van der Waals surface area contributed by atoms with Gasteiger partial charge in [-0.15, -0.1) is 0 Å². The maximum atomic E-state index is 12.8. The number of nitrogen functional groups attached to an aromatic ring is 1. The van der Waals surface area contributed by atoms with Crippen LogP contribution >= 0.6 is 23.2 Å². The number of nitrogens with zero attached hydrogens (tertiary/aromatic N) is 6. The molecular weight excluding hydrogens is 463 g/mol. The van der Waals surface area contributed by atoms with E-state index in [2.05, 4.69) is 30.2 Å². The van der Waals surface area contributed by atoms with Gasteiger partial charge in [0.05, 0.1) is 21.1 Å². The average molecular weight is 477 g/mol. The van der Waals surface area contributed by atoms with Crippen molar-refractivity contribution in [1.29, 1.82) is 0 Å². The van der Waals surface area contributed by atoms with E-state index in [1.165, 1.54) is 6.20 Å². The van der Waals surface area contributed by atoms with Gasteiger partial charge in [-0.2, -0.15) is 9.97 Å². The highest BCUT2D eigenvalue weighted by Crippen LogP contribution is 2.30. The molecule has 0 radical (unpaired) electrons. The fraction of sp³-hybridized carbons (Fsp3) is 0. The van der Waals surface area contributed by atoms with Crippen molar-refractivity contribution in [3.63, 3.8) is 0 Å². The molecule has 5 aromatic rings. The van der Waals surface area contributed by atoms with Crippen LogP contribution in [0.15, 0.2) is 71.9 Å². The quantitative estimate of drug-likeness (QED) is 0.393. The molecule has 9 nitrogen and oxygen atoms in total. The number of rotatable bonds is 4. The summed E-state index contributed by atoms with van der Waals surface area (Å²) in [5.41, 5.74) is 7.60. The largest absolute Gasteiger partial charge is 0.384 e. The van der Waals surface area contributed by atoms with Crippen molar-refractivity contribution in [3.8, 4) is 17.1 Å². The van der Waals surface area contributed by atoms with Gasteiger partial charge in [0, 0.05) is 29.8 Å². The Hall–Kier alpha value is -4.08. The van der Waals surface area contributed by atoms with Crippen LogP contribution < -0.4 is 16.7 Å². The highest BCUT2D eigenvalue weighted by atomic mass is 35.5. The monoisotopic (exact) mass is 476 g/mol. The van der Waals surface area contributed by atoms with Crippen LogP contribution in [0.3, 0.4) is 0 Å². The van der Waals surface area contributed by atoms with Gasteiger partial charge in [0.15, 0.2) is 11.5 Å².